The van der Waals surface area contributed by atoms with Gasteiger partial charge < -0.3 is 10.2 Å². The molecule has 1 atom stereocenters. The second-order valence-electron chi connectivity index (χ2n) is 6.11. The molecule has 1 aliphatic heterocycles. The summed E-state index contributed by atoms with van der Waals surface area (Å²) < 4.78 is 0. The van der Waals surface area contributed by atoms with Crippen LogP contribution in [0.4, 0.5) is 0 Å². The van der Waals surface area contributed by atoms with E-state index in [4.69, 9.17) is 0 Å². The van der Waals surface area contributed by atoms with E-state index in [1.54, 1.807) is 0 Å². The van der Waals surface area contributed by atoms with E-state index in [1.807, 2.05) is 0 Å². The van der Waals surface area contributed by atoms with E-state index in [1.165, 1.54) is 24.6 Å². The molecule has 1 amide bonds. The summed E-state index contributed by atoms with van der Waals surface area (Å²) in [6.07, 6.45) is 4.89. The van der Waals surface area contributed by atoms with Gasteiger partial charge in [0.05, 0.1) is 6.20 Å². The van der Waals surface area contributed by atoms with Crippen LogP contribution in [0, 0.1) is 5.92 Å². The van der Waals surface area contributed by atoms with E-state index in [9.17, 15) is 4.79 Å². The van der Waals surface area contributed by atoms with Gasteiger partial charge in [-0.2, -0.15) is 15.4 Å². The Labute approximate surface area is 136 Å². The maximum absolute atomic E-state index is 11.9. The fourth-order valence-corrected chi connectivity index (χ4v) is 3.09. The van der Waals surface area contributed by atoms with Gasteiger partial charge in [-0.3, -0.25) is 4.79 Å². The van der Waals surface area contributed by atoms with E-state index >= 15 is 0 Å². The first-order valence-corrected chi connectivity index (χ1v) is 8.21. The zero-order valence-electron chi connectivity index (χ0n) is 13.2. The average Bonchev–Trinajstić information content (AvgIpc) is 3.14. The van der Waals surface area contributed by atoms with Crippen LogP contribution < -0.4 is 5.32 Å². The fourth-order valence-electron chi connectivity index (χ4n) is 3.09. The maximum Gasteiger partial charge on any atom is 0.273 e. The standard InChI is InChI=1S/C17H23N5O/c23-17(16-12-19-21-20-16)18-11-15-7-4-9-22(13-15)10-8-14-5-2-1-3-6-14/h1-3,5-6,12,15H,4,7-11,13H2,(H,18,23)(H,19,20,21)/t15-/m0/s1. The highest BCUT2D eigenvalue weighted by Crippen LogP contribution is 2.16. The zero-order valence-corrected chi connectivity index (χ0v) is 13.2. The molecular weight excluding hydrogens is 290 g/mol. The Balaban J connectivity index is 1.42. The smallest absolute Gasteiger partial charge is 0.273 e. The minimum atomic E-state index is -0.153. The van der Waals surface area contributed by atoms with Crippen LogP contribution in [0.15, 0.2) is 36.5 Å². The number of likely N-dealkylation sites (tertiary alicyclic amines) is 1. The normalized spacial score (nSPS) is 18.7. The van der Waals surface area contributed by atoms with Crippen LogP contribution in [0.25, 0.3) is 0 Å². The summed E-state index contributed by atoms with van der Waals surface area (Å²) in [6, 6.07) is 10.6. The topological polar surface area (TPSA) is 73.9 Å². The highest BCUT2D eigenvalue weighted by molar-refractivity contribution is 5.91. The number of piperidine rings is 1. The molecule has 0 saturated carbocycles. The predicted octanol–water partition coefficient (Wildman–Crippen LogP) is 1.49. The molecular formula is C17H23N5O. The number of nitrogens with one attached hydrogen (secondary N) is 2. The number of carbonyl (C=O) groups excluding carboxylic acids is 1. The summed E-state index contributed by atoms with van der Waals surface area (Å²) in [5.74, 6) is 0.357. The van der Waals surface area contributed by atoms with Crippen molar-refractivity contribution in [3.63, 3.8) is 0 Å². The Morgan fingerprint density at radius 1 is 1.35 bits per heavy atom. The Kier molecular flexibility index (Phi) is 5.37. The molecule has 1 aliphatic rings. The van der Waals surface area contributed by atoms with Gasteiger partial charge in [0.1, 0.15) is 0 Å². The molecule has 0 bridgehead atoms. The van der Waals surface area contributed by atoms with Gasteiger partial charge >= 0.3 is 0 Å². The van der Waals surface area contributed by atoms with Gasteiger partial charge in [0.2, 0.25) is 0 Å². The Morgan fingerprint density at radius 2 is 2.22 bits per heavy atom. The molecule has 6 nitrogen and oxygen atoms in total. The van der Waals surface area contributed by atoms with Crippen LogP contribution in [0.2, 0.25) is 0 Å². The third-order valence-corrected chi connectivity index (χ3v) is 4.36. The lowest BCUT2D eigenvalue weighted by atomic mass is 9.97. The third kappa shape index (κ3) is 4.63. The molecule has 6 heteroatoms. The van der Waals surface area contributed by atoms with Crippen LogP contribution in [0.5, 0.6) is 0 Å². The molecule has 23 heavy (non-hydrogen) atoms. The molecule has 2 N–H and O–H groups in total. The summed E-state index contributed by atoms with van der Waals surface area (Å²) in [5, 5.41) is 12.9. The first-order chi connectivity index (χ1) is 11.3. The van der Waals surface area contributed by atoms with Gasteiger partial charge in [-0.25, -0.2) is 0 Å². The molecule has 3 rings (SSSR count). The van der Waals surface area contributed by atoms with Crippen molar-refractivity contribution >= 4 is 5.91 Å². The van der Waals surface area contributed by atoms with E-state index in [-0.39, 0.29) is 5.91 Å². The van der Waals surface area contributed by atoms with Crippen molar-refractivity contribution in [3.8, 4) is 0 Å². The van der Waals surface area contributed by atoms with Crippen molar-refractivity contribution in [2.45, 2.75) is 19.3 Å². The van der Waals surface area contributed by atoms with Crippen molar-refractivity contribution in [2.75, 3.05) is 26.2 Å². The second-order valence-corrected chi connectivity index (χ2v) is 6.11. The molecule has 2 heterocycles. The number of hydrogen-bond acceptors (Lipinski definition) is 4. The minimum Gasteiger partial charge on any atom is -0.350 e. The molecule has 0 radical (unpaired) electrons. The highest BCUT2D eigenvalue weighted by Gasteiger charge is 2.20. The van der Waals surface area contributed by atoms with E-state index in [0.29, 0.717) is 18.2 Å². The van der Waals surface area contributed by atoms with Crippen LogP contribution in [-0.4, -0.2) is 52.4 Å². The summed E-state index contributed by atoms with van der Waals surface area (Å²) in [5.41, 5.74) is 1.73. The van der Waals surface area contributed by atoms with E-state index < -0.39 is 0 Å². The zero-order chi connectivity index (χ0) is 15.9. The summed E-state index contributed by atoms with van der Waals surface area (Å²) in [6.45, 7) is 3.98. The van der Waals surface area contributed by atoms with Crippen molar-refractivity contribution in [1.29, 1.82) is 0 Å². The second kappa shape index (κ2) is 7.87. The van der Waals surface area contributed by atoms with Gasteiger partial charge in [-0.1, -0.05) is 30.3 Å². The number of aromatic amines is 1. The highest BCUT2D eigenvalue weighted by atomic mass is 16.1. The van der Waals surface area contributed by atoms with Crippen molar-refractivity contribution in [1.82, 2.24) is 25.6 Å². The first-order valence-electron chi connectivity index (χ1n) is 8.21. The molecule has 2 aromatic rings. The lowest BCUT2D eigenvalue weighted by molar-refractivity contribution is 0.0927. The number of aromatic nitrogens is 3. The lowest BCUT2D eigenvalue weighted by Gasteiger charge is -2.32. The maximum atomic E-state index is 11.9. The van der Waals surface area contributed by atoms with Crippen molar-refractivity contribution in [3.05, 3.63) is 47.8 Å². The Hall–Kier alpha value is -2.21. The Bertz CT molecular complexity index is 599. The largest absolute Gasteiger partial charge is 0.350 e. The van der Waals surface area contributed by atoms with E-state index in [2.05, 4.69) is 56.0 Å². The van der Waals surface area contributed by atoms with Gasteiger partial charge in [-0.15, -0.1) is 0 Å². The molecule has 1 saturated heterocycles. The van der Waals surface area contributed by atoms with Crippen LogP contribution in [0.1, 0.15) is 28.9 Å². The lowest BCUT2D eigenvalue weighted by Crippen LogP contribution is -2.41. The molecule has 0 aliphatic carbocycles. The molecule has 1 fully saturated rings. The summed E-state index contributed by atoms with van der Waals surface area (Å²) in [4.78, 5) is 14.4. The number of H-pyrrole nitrogens is 1. The minimum absolute atomic E-state index is 0.153. The SMILES string of the molecule is O=C(NC[C@@H]1CCCN(CCc2ccccc2)C1)c1cn[nH]n1. The molecule has 1 aromatic carbocycles. The van der Waals surface area contributed by atoms with Gasteiger partial charge in [0, 0.05) is 19.6 Å². The summed E-state index contributed by atoms with van der Waals surface area (Å²) >= 11 is 0. The van der Waals surface area contributed by atoms with Crippen LogP contribution >= 0.6 is 0 Å². The molecule has 1 aromatic heterocycles. The van der Waals surface area contributed by atoms with Gasteiger partial charge in [-0.05, 0) is 37.3 Å². The fraction of sp³-hybridized carbons (Fsp3) is 0.471. The number of hydrogen-bond donors (Lipinski definition) is 2. The first kappa shape index (κ1) is 15.7. The Morgan fingerprint density at radius 3 is 3.00 bits per heavy atom. The molecule has 0 unspecified atom stereocenters. The van der Waals surface area contributed by atoms with Crippen LogP contribution in [-0.2, 0) is 6.42 Å². The quantitative estimate of drug-likeness (QED) is 0.847. The average molecular weight is 313 g/mol. The van der Waals surface area contributed by atoms with Gasteiger partial charge in [0.25, 0.3) is 5.91 Å². The number of rotatable bonds is 6. The number of benzene rings is 1. The van der Waals surface area contributed by atoms with Crippen LogP contribution in [0.3, 0.4) is 0 Å². The van der Waals surface area contributed by atoms with Crippen molar-refractivity contribution in [2.24, 2.45) is 5.92 Å². The monoisotopic (exact) mass is 313 g/mol. The number of nitrogens with zero attached hydrogens (tertiary/aromatic N) is 3. The number of amides is 1. The van der Waals surface area contributed by atoms with E-state index in [0.717, 1.165) is 26.1 Å². The molecule has 0 spiro atoms. The van der Waals surface area contributed by atoms with Gasteiger partial charge in [0.15, 0.2) is 5.69 Å². The summed E-state index contributed by atoms with van der Waals surface area (Å²) in [7, 11) is 0. The van der Waals surface area contributed by atoms with Crippen molar-refractivity contribution < 1.29 is 4.79 Å². The third-order valence-electron chi connectivity index (χ3n) is 4.36. The molecule has 122 valence electrons. The predicted molar refractivity (Wildman–Crippen MR) is 88.0 cm³/mol. The number of carbonyl (C=O) groups is 1.